The van der Waals surface area contributed by atoms with E-state index in [2.05, 4.69) is 20.6 Å². The van der Waals surface area contributed by atoms with Crippen LogP contribution in [-0.2, 0) is 15.7 Å². The molecule has 2 heterocycles. The molecule has 1 aliphatic heterocycles. The third-order valence-electron chi connectivity index (χ3n) is 6.31. The summed E-state index contributed by atoms with van der Waals surface area (Å²) in [5.74, 6) is 0.421. The van der Waals surface area contributed by atoms with Crippen molar-refractivity contribution in [1.82, 2.24) is 14.9 Å². The second-order valence-corrected chi connectivity index (χ2v) is 8.70. The number of fused-ring (bicyclic) bond motifs is 5. The molecule has 32 heavy (non-hydrogen) atoms. The highest BCUT2D eigenvalue weighted by Gasteiger charge is 2.39. The van der Waals surface area contributed by atoms with Crippen LogP contribution in [0, 0.1) is 0 Å². The molecule has 0 spiro atoms. The Bertz CT molecular complexity index is 1040. The Morgan fingerprint density at radius 1 is 1.22 bits per heavy atom. The molecule has 0 unspecified atom stereocenters. The first-order chi connectivity index (χ1) is 15.3. The normalized spacial score (nSPS) is 21.9. The van der Waals surface area contributed by atoms with E-state index in [-0.39, 0.29) is 42.2 Å². The van der Waals surface area contributed by atoms with Gasteiger partial charge in [0.15, 0.2) is 0 Å². The van der Waals surface area contributed by atoms with Gasteiger partial charge >= 0.3 is 6.18 Å². The van der Waals surface area contributed by atoms with Crippen LogP contribution in [-0.4, -0.2) is 53.6 Å². The predicted octanol–water partition coefficient (Wildman–Crippen LogP) is 3.87. The Hall–Kier alpha value is -2.88. The zero-order valence-electron chi connectivity index (χ0n) is 17.6. The first-order valence-electron chi connectivity index (χ1n) is 10.7. The average molecular weight is 447 g/mol. The number of halogens is 3. The van der Waals surface area contributed by atoms with E-state index in [1.165, 1.54) is 12.7 Å². The van der Waals surface area contributed by atoms with Crippen LogP contribution >= 0.6 is 0 Å². The summed E-state index contributed by atoms with van der Waals surface area (Å²) in [4.78, 5) is 22.1. The number of carbonyl (C=O) groups is 1. The highest BCUT2D eigenvalue weighted by atomic mass is 19.4. The van der Waals surface area contributed by atoms with Gasteiger partial charge in [-0.15, -0.1) is 0 Å². The van der Waals surface area contributed by atoms with Gasteiger partial charge in [-0.25, -0.2) is 4.98 Å². The molecule has 1 aromatic carbocycles. The standard InChI is InChI=1S/C22H24F3N5O2/c1-32-11-19(31)30-9-12-6-13(10-30)17-7-15(4-5-16(12)17)28-21-26-8-18(22(23,24)25)20(29-21)27-14-2-3-14/h4-5,7-8,12-14H,2-3,6,9-11H2,1H3,(H2,26,27,28,29)/t12-,13+/m0/s1. The lowest BCUT2D eigenvalue weighted by atomic mass is 9.96. The second kappa shape index (κ2) is 7.91. The molecule has 2 aromatic rings. The lowest BCUT2D eigenvalue weighted by Crippen LogP contribution is -2.41. The van der Waals surface area contributed by atoms with E-state index in [0.717, 1.165) is 31.0 Å². The molecule has 2 atom stereocenters. The molecule has 3 aliphatic rings. The third kappa shape index (κ3) is 4.11. The van der Waals surface area contributed by atoms with Crippen molar-refractivity contribution >= 4 is 23.4 Å². The van der Waals surface area contributed by atoms with Crippen molar-refractivity contribution < 1.29 is 22.7 Å². The van der Waals surface area contributed by atoms with Gasteiger partial charge in [0.2, 0.25) is 11.9 Å². The van der Waals surface area contributed by atoms with Crippen LogP contribution in [0.3, 0.4) is 0 Å². The number of nitrogens with one attached hydrogen (secondary N) is 2. The second-order valence-electron chi connectivity index (χ2n) is 8.70. The SMILES string of the molecule is COCC(=O)N1C[C@H]2C[C@@H](C1)c1ccc(Nc3ncc(C(F)(F)F)c(NC4CC4)n3)cc12. The summed E-state index contributed by atoms with van der Waals surface area (Å²) < 4.78 is 44.9. The molecular formula is C22H24F3N5O2. The summed E-state index contributed by atoms with van der Waals surface area (Å²) >= 11 is 0. The van der Waals surface area contributed by atoms with E-state index in [9.17, 15) is 18.0 Å². The molecule has 2 bridgehead atoms. The van der Waals surface area contributed by atoms with E-state index in [4.69, 9.17) is 4.74 Å². The molecule has 7 nitrogen and oxygen atoms in total. The smallest absolute Gasteiger partial charge is 0.375 e. The number of carbonyl (C=O) groups excluding carboxylic acids is 1. The van der Waals surface area contributed by atoms with Crippen LogP contribution < -0.4 is 10.6 Å². The summed E-state index contributed by atoms with van der Waals surface area (Å²) in [5.41, 5.74) is 2.23. The number of ether oxygens (including phenoxy) is 1. The lowest BCUT2D eigenvalue weighted by Gasteiger charge is -2.32. The Morgan fingerprint density at radius 3 is 2.66 bits per heavy atom. The maximum atomic E-state index is 13.3. The number of hydrogen-bond acceptors (Lipinski definition) is 6. The number of aromatic nitrogens is 2. The fourth-order valence-corrected chi connectivity index (χ4v) is 4.66. The largest absolute Gasteiger partial charge is 0.421 e. The Labute approximate surface area is 183 Å². The van der Waals surface area contributed by atoms with Gasteiger partial charge in [-0.1, -0.05) is 6.07 Å². The maximum Gasteiger partial charge on any atom is 0.421 e. The number of amides is 1. The molecule has 2 aliphatic carbocycles. The van der Waals surface area contributed by atoms with E-state index < -0.39 is 11.7 Å². The number of anilines is 3. The molecule has 5 rings (SSSR count). The predicted molar refractivity (Wildman–Crippen MR) is 112 cm³/mol. The van der Waals surface area contributed by atoms with E-state index >= 15 is 0 Å². The molecule has 0 radical (unpaired) electrons. The average Bonchev–Trinajstić information content (AvgIpc) is 3.53. The molecule has 2 fully saturated rings. The van der Waals surface area contributed by atoms with Gasteiger partial charge < -0.3 is 20.3 Å². The monoisotopic (exact) mass is 447 g/mol. The number of benzene rings is 1. The van der Waals surface area contributed by atoms with E-state index in [1.807, 2.05) is 23.1 Å². The first-order valence-corrected chi connectivity index (χ1v) is 10.7. The minimum Gasteiger partial charge on any atom is -0.375 e. The van der Waals surface area contributed by atoms with Gasteiger partial charge in [0, 0.05) is 50.0 Å². The van der Waals surface area contributed by atoms with Crippen molar-refractivity contribution in [3.8, 4) is 0 Å². The van der Waals surface area contributed by atoms with Crippen LogP contribution in [0.25, 0.3) is 0 Å². The highest BCUT2D eigenvalue weighted by Crippen LogP contribution is 2.47. The molecule has 170 valence electrons. The number of nitrogens with zero attached hydrogens (tertiary/aromatic N) is 3. The van der Waals surface area contributed by atoms with E-state index in [1.54, 1.807) is 0 Å². The molecule has 2 N–H and O–H groups in total. The lowest BCUT2D eigenvalue weighted by molar-refractivity contribution is -0.137. The number of alkyl halides is 3. The van der Waals surface area contributed by atoms with E-state index in [0.29, 0.717) is 18.8 Å². The van der Waals surface area contributed by atoms with Crippen LogP contribution in [0.2, 0.25) is 0 Å². The molecule has 1 saturated carbocycles. The van der Waals surface area contributed by atoms with Gasteiger partial charge in [-0.3, -0.25) is 4.79 Å². The van der Waals surface area contributed by atoms with Crippen molar-refractivity contribution in [3.05, 3.63) is 41.1 Å². The Morgan fingerprint density at radius 2 is 1.97 bits per heavy atom. The number of hydrogen-bond donors (Lipinski definition) is 2. The van der Waals surface area contributed by atoms with Crippen LogP contribution in [0.15, 0.2) is 24.4 Å². The van der Waals surface area contributed by atoms with Crippen molar-refractivity contribution in [2.75, 3.05) is 37.4 Å². The highest BCUT2D eigenvalue weighted by molar-refractivity contribution is 5.78. The Balaban J connectivity index is 1.36. The summed E-state index contributed by atoms with van der Waals surface area (Å²) in [7, 11) is 1.51. The van der Waals surface area contributed by atoms with Gasteiger partial charge in [0.1, 0.15) is 18.0 Å². The molecular weight excluding hydrogens is 423 g/mol. The zero-order valence-corrected chi connectivity index (χ0v) is 17.6. The summed E-state index contributed by atoms with van der Waals surface area (Å²) in [5, 5.41) is 5.91. The topological polar surface area (TPSA) is 79.4 Å². The van der Waals surface area contributed by atoms with Crippen LogP contribution in [0.4, 0.5) is 30.6 Å². The minimum atomic E-state index is -4.52. The zero-order chi connectivity index (χ0) is 22.5. The number of likely N-dealkylation sites (tertiary alicyclic amines) is 1. The van der Waals surface area contributed by atoms with Crippen molar-refractivity contribution in [3.63, 3.8) is 0 Å². The fourth-order valence-electron chi connectivity index (χ4n) is 4.66. The molecule has 1 aromatic heterocycles. The quantitative estimate of drug-likeness (QED) is 0.700. The minimum absolute atomic E-state index is 0.0119. The molecule has 1 saturated heterocycles. The number of methoxy groups -OCH3 is 1. The molecule has 1 amide bonds. The maximum absolute atomic E-state index is 13.3. The van der Waals surface area contributed by atoms with Gasteiger partial charge in [-0.05, 0) is 42.5 Å². The van der Waals surface area contributed by atoms with Gasteiger partial charge in [0.25, 0.3) is 0 Å². The van der Waals surface area contributed by atoms with Crippen molar-refractivity contribution in [2.24, 2.45) is 0 Å². The number of rotatable bonds is 6. The fraction of sp³-hybridized carbons (Fsp3) is 0.500. The Kier molecular flexibility index (Phi) is 5.19. The van der Waals surface area contributed by atoms with Crippen molar-refractivity contribution in [2.45, 2.75) is 43.3 Å². The summed E-state index contributed by atoms with van der Waals surface area (Å²) in [6.07, 6.45) is -1.04. The van der Waals surface area contributed by atoms with Crippen molar-refractivity contribution in [1.29, 1.82) is 0 Å². The number of piperidine rings is 1. The van der Waals surface area contributed by atoms with Crippen LogP contribution in [0.5, 0.6) is 0 Å². The first kappa shape index (κ1) is 21.0. The van der Waals surface area contributed by atoms with Gasteiger partial charge in [-0.2, -0.15) is 18.2 Å². The summed E-state index contributed by atoms with van der Waals surface area (Å²) in [6, 6.07) is 5.94. The van der Waals surface area contributed by atoms with Gasteiger partial charge in [0.05, 0.1) is 0 Å². The summed E-state index contributed by atoms with van der Waals surface area (Å²) in [6.45, 7) is 1.39. The third-order valence-corrected chi connectivity index (χ3v) is 6.31. The molecule has 10 heteroatoms. The van der Waals surface area contributed by atoms with Crippen LogP contribution in [0.1, 0.15) is 47.8 Å².